The van der Waals surface area contributed by atoms with Crippen molar-refractivity contribution in [3.05, 3.63) is 67.5 Å². The largest absolute Gasteiger partial charge is 0.496 e. The highest BCUT2D eigenvalue weighted by molar-refractivity contribution is 6.01. The van der Waals surface area contributed by atoms with E-state index in [9.17, 15) is 14.4 Å². The van der Waals surface area contributed by atoms with Crippen LogP contribution in [0.5, 0.6) is 5.75 Å². The zero-order valence-corrected chi connectivity index (χ0v) is 15.4. The van der Waals surface area contributed by atoms with E-state index in [0.29, 0.717) is 35.5 Å². The molecule has 2 heterocycles. The molecule has 1 aromatic carbocycles. The van der Waals surface area contributed by atoms with Gasteiger partial charge in [-0.1, -0.05) is 32.0 Å². The van der Waals surface area contributed by atoms with Gasteiger partial charge in [0.1, 0.15) is 11.6 Å². The van der Waals surface area contributed by atoms with Crippen molar-refractivity contribution in [1.82, 2.24) is 9.97 Å². The summed E-state index contributed by atoms with van der Waals surface area (Å²) in [6, 6.07) is 7.33. The summed E-state index contributed by atoms with van der Waals surface area (Å²) in [5, 5.41) is 3.15. The average Bonchev–Trinajstić information content (AvgIpc) is 2.58. The summed E-state index contributed by atoms with van der Waals surface area (Å²) in [7, 11) is 1.55. The number of anilines is 1. The number of H-pyrrole nitrogens is 2. The first kappa shape index (κ1) is 17.3. The zero-order valence-electron chi connectivity index (χ0n) is 15.4. The molecule has 1 aromatic heterocycles. The Morgan fingerprint density at radius 3 is 2.56 bits per heavy atom. The third-order valence-electron chi connectivity index (χ3n) is 5.20. The molecule has 2 aromatic rings. The fraction of sp³-hybridized carbons (Fsp3) is 0.350. The van der Waals surface area contributed by atoms with Crippen LogP contribution >= 0.6 is 0 Å². The van der Waals surface area contributed by atoms with E-state index in [1.54, 1.807) is 13.2 Å². The van der Waals surface area contributed by atoms with Gasteiger partial charge in [-0.25, -0.2) is 4.79 Å². The topological polar surface area (TPSA) is 104 Å². The Bertz CT molecular complexity index is 1090. The highest BCUT2D eigenvalue weighted by Gasteiger charge is 2.42. The van der Waals surface area contributed by atoms with Gasteiger partial charge in [-0.05, 0) is 17.9 Å². The van der Waals surface area contributed by atoms with Gasteiger partial charge in [0.05, 0.1) is 18.6 Å². The van der Waals surface area contributed by atoms with E-state index in [2.05, 4.69) is 15.3 Å². The van der Waals surface area contributed by atoms with Crippen LogP contribution in [0.15, 0.2) is 45.1 Å². The minimum atomic E-state index is -0.600. The molecule has 3 N–H and O–H groups in total. The molecular weight excluding hydrogens is 346 g/mol. The lowest BCUT2D eigenvalue weighted by molar-refractivity contribution is -0.118. The van der Waals surface area contributed by atoms with E-state index >= 15 is 0 Å². The van der Waals surface area contributed by atoms with E-state index < -0.39 is 17.2 Å². The van der Waals surface area contributed by atoms with Crippen LogP contribution in [-0.4, -0.2) is 22.9 Å². The number of rotatable bonds is 2. The summed E-state index contributed by atoms with van der Waals surface area (Å²) >= 11 is 0. The van der Waals surface area contributed by atoms with E-state index in [1.807, 2.05) is 32.0 Å². The van der Waals surface area contributed by atoms with Gasteiger partial charge in [0.15, 0.2) is 5.78 Å². The molecule has 2 aliphatic rings. The maximum Gasteiger partial charge on any atom is 0.327 e. The molecule has 1 aliphatic carbocycles. The fourth-order valence-corrected chi connectivity index (χ4v) is 4.16. The first-order valence-corrected chi connectivity index (χ1v) is 8.83. The van der Waals surface area contributed by atoms with Crippen LogP contribution in [0.3, 0.4) is 0 Å². The Balaban J connectivity index is 2.04. The average molecular weight is 367 g/mol. The number of nitrogens with one attached hydrogen (secondary N) is 3. The molecule has 7 heteroatoms. The number of benzene rings is 1. The summed E-state index contributed by atoms with van der Waals surface area (Å²) in [6.45, 7) is 4.06. The third-order valence-corrected chi connectivity index (χ3v) is 5.20. The summed E-state index contributed by atoms with van der Waals surface area (Å²) in [5.41, 5.74) is 1.07. The second kappa shape index (κ2) is 5.97. The first-order valence-electron chi connectivity index (χ1n) is 8.83. The molecule has 7 nitrogen and oxygen atoms in total. The normalized spacial score (nSPS) is 20.6. The van der Waals surface area contributed by atoms with Crippen molar-refractivity contribution in [3.63, 3.8) is 0 Å². The molecule has 0 saturated carbocycles. The lowest BCUT2D eigenvalue weighted by Gasteiger charge is -2.38. The molecule has 140 valence electrons. The number of methoxy groups -OCH3 is 1. The highest BCUT2D eigenvalue weighted by atomic mass is 16.5. The molecule has 0 spiro atoms. The molecule has 0 fully saturated rings. The molecule has 4 rings (SSSR count). The third kappa shape index (κ3) is 2.79. The van der Waals surface area contributed by atoms with Gasteiger partial charge >= 0.3 is 5.69 Å². The van der Waals surface area contributed by atoms with E-state index in [0.717, 1.165) is 11.3 Å². The van der Waals surface area contributed by atoms with Crippen molar-refractivity contribution in [3.8, 4) is 5.75 Å². The maximum absolute atomic E-state index is 13.1. The summed E-state index contributed by atoms with van der Waals surface area (Å²) in [4.78, 5) is 42.6. The smallest absolute Gasteiger partial charge is 0.327 e. The standard InChI is InChI=1S/C20H21N3O4/c1-20(2)8-11-15(12(24)9-20)14(10-6-4-5-7-13(10)27-3)16-17(21-11)22-19(26)23-18(16)25/h4-7,14H,8-9H2,1-3H3,(H3,21,22,23,25,26). The molecular formula is C20H21N3O4. The Labute approximate surface area is 155 Å². The summed E-state index contributed by atoms with van der Waals surface area (Å²) in [6.07, 6.45) is 1.05. The van der Waals surface area contributed by atoms with E-state index in [1.165, 1.54) is 0 Å². The molecule has 0 amide bonds. The monoisotopic (exact) mass is 367 g/mol. The van der Waals surface area contributed by atoms with Gasteiger partial charge in [-0.2, -0.15) is 0 Å². The molecule has 0 bridgehead atoms. The van der Waals surface area contributed by atoms with Gasteiger partial charge in [0, 0.05) is 23.3 Å². The number of hydrogen-bond donors (Lipinski definition) is 3. The van der Waals surface area contributed by atoms with Gasteiger partial charge < -0.3 is 10.1 Å². The van der Waals surface area contributed by atoms with Crippen molar-refractivity contribution >= 4 is 11.6 Å². The van der Waals surface area contributed by atoms with Gasteiger partial charge in [-0.3, -0.25) is 19.6 Å². The van der Waals surface area contributed by atoms with Crippen LogP contribution in [0.1, 0.15) is 43.7 Å². The first-order chi connectivity index (χ1) is 12.8. The number of para-hydroxylation sites is 1. The molecule has 27 heavy (non-hydrogen) atoms. The van der Waals surface area contributed by atoms with Crippen molar-refractivity contribution in [1.29, 1.82) is 0 Å². The predicted molar refractivity (Wildman–Crippen MR) is 101 cm³/mol. The summed E-state index contributed by atoms with van der Waals surface area (Å²) in [5.74, 6) is 0.326. The van der Waals surface area contributed by atoms with Gasteiger partial charge in [0.2, 0.25) is 0 Å². The van der Waals surface area contributed by atoms with Crippen LogP contribution in [0.4, 0.5) is 5.82 Å². The number of carbonyl (C=O) groups is 1. The summed E-state index contributed by atoms with van der Waals surface area (Å²) < 4.78 is 5.49. The molecule has 1 aliphatic heterocycles. The van der Waals surface area contributed by atoms with E-state index in [4.69, 9.17) is 4.74 Å². The Hall–Kier alpha value is -3.09. The number of carbonyl (C=O) groups excluding carboxylic acids is 1. The Morgan fingerprint density at radius 2 is 1.81 bits per heavy atom. The number of fused-ring (bicyclic) bond motifs is 1. The number of aromatic nitrogens is 2. The Morgan fingerprint density at radius 1 is 1.07 bits per heavy atom. The minimum absolute atomic E-state index is 0.000839. The van der Waals surface area contributed by atoms with Gasteiger partial charge in [0.25, 0.3) is 5.56 Å². The number of aromatic amines is 2. The number of ketones is 1. The molecule has 1 unspecified atom stereocenters. The zero-order chi connectivity index (χ0) is 19.3. The van der Waals surface area contributed by atoms with Crippen LogP contribution in [-0.2, 0) is 4.79 Å². The van der Waals surface area contributed by atoms with Crippen molar-refractivity contribution in [2.75, 3.05) is 12.4 Å². The second-order valence-corrected chi connectivity index (χ2v) is 7.83. The van der Waals surface area contributed by atoms with Crippen LogP contribution < -0.4 is 21.3 Å². The fourth-order valence-electron chi connectivity index (χ4n) is 4.16. The van der Waals surface area contributed by atoms with Gasteiger partial charge in [-0.15, -0.1) is 0 Å². The number of allylic oxidation sites excluding steroid dienone is 2. The highest BCUT2D eigenvalue weighted by Crippen LogP contribution is 2.48. The van der Waals surface area contributed by atoms with Crippen molar-refractivity contribution in [2.45, 2.75) is 32.6 Å². The molecule has 1 atom stereocenters. The van der Waals surface area contributed by atoms with Crippen molar-refractivity contribution < 1.29 is 9.53 Å². The number of ether oxygens (including phenoxy) is 1. The lowest BCUT2D eigenvalue weighted by atomic mass is 9.69. The molecule has 0 radical (unpaired) electrons. The second-order valence-electron chi connectivity index (χ2n) is 7.83. The predicted octanol–water partition coefficient (Wildman–Crippen LogP) is 2.27. The number of hydrogen-bond acceptors (Lipinski definition) is 5. The van der Waals surface area contributed by atoms with E-state index in [-0.39, 0.29) is 11.2 Å². The molecule has 0 saturated heterocycles. The Kier molecular flexibility index (Phi) is 3.83. The van der Waals surface area contributed by atoms with Crippen LogP contribution in [0.25, 0.3) is 0 Å². The number of Topliss-reactive ketones (excluding diaryl/α,β-unsaturated/α-hetero) is 1. The van der Waals surface area contributed by atoms with Crippen LogP contribution in [0, 0.1) is 5.41 Å². The van der Waals surface area contributed by atoms with Crippen molar-refractivity contribution in [2.24, 2.45) is 5.41 Å². The lowest BCUT2D eigenvalue weighted by Crippen LogP contribution is -2.39. The maximum atomic E-state index is 13.1. The SMILES string of the molecule is COc1ccccc1C1C2=C(CC(C)(C)CC2=O)Nc2[nH]c(=O)[nH]c(=O)c21. The minimum Gasteiger partial charge on any atom is -0.496 e. The quantitative estimate of drug-likeness (QED) is 0.755. The van der Waals surface area contributed by atoms with Crippen LogP contribution in [0.2, 0.25) is 0 Å².